The van der Waals surface area contributed by atoms with Gasteiger partial charge in [0.1, 0.15) is 5.70 Å². The molecule has 0 aliphatic rings. The number of hydrogen-bond acceptors (Lipinski definition) is 4. The van der Waals surface area contributed by atoms with E-state index in [0.29, 0.717) is 22.0 Å². The summed E-state index contributed by atoms with van der Waals surface area (Å²) in [5.74, 6) is -1.05. The molecule has 0 saturated carbocycles. The van der Waals surface area contributed by atoms with E-state index in [4.69, 9.17) is 11.6 Å². The lowest BCUT2D eigenvalue weighted by Crippen LogP contribution is -2.30. The maximum atomic E-state index is 13.5. The van der Waals surface area contributed by atoms with Crippen molar-refractivity contribution in [1.82, 2.24) is 10.3 Å². The topological polar surface area (TPSA) is 103 Å². The lowest BCUT2D eigenvalue weighted by Gasteiger charge is -2.14. The van der Waals surface area contributed by atoms with E-state index in [1.54, 1.807) is 79.0 Å². The van der Waals surface area contributed by atoms with Crippen LogP contribution in [0.25, 0.3) is 17.0 Å². The smallest absolute Gasteiger partial charge is 0.272 e. The Hall–Kier alpha value is -4.79. The highest BCUT2D eigenvalue weighted by molar-refractivity contribution is 8.00. The van der Waals surface area contributed by atoms with Crippen LogP contribution in [0, 0.1) is 0 Å². The fourth-order valence-corrected chi connectivity index (χ4v) is 5.24. The maximum Gasteiger partial charge on any atom is 0.272 e. The van der Waals surface area contributed by atoms with E-state index in [9.17, 15) is 14.4 Å². The zero-order valence-electron chi connectivity index (χ0n) is 22.6. The summed E-state index contributed by atoms with van der Waals surface area (Å²) in [6.45, 7) is 1.81. The van der Waals surface area contributed by atoms with Gasteiger partial charge in [0.15, 0.2) is 0 Å². The highest BCUT2D eigenvalue weighted by Crippen LogP contribution is 2.27. The molecule has 1 atom stereocenters. The Bertz CT molecular complexity index is 1770. The van der Waals surface area contributed by atoms with Gasteiger partial charge in [-0.1, -0.05) is 54.1 Å². The Labute approximate surface area is 252 Å². The highest BCUT2D eigenvalue weighted by Gasteiger charge is 2.18. The van der Waals surface area contributed by atoms with Crippen LogP contribution in [0.15, 0.2) is 120 Å². The molecule has 0 aliphatic carbocycles. The van der Waals surface area contributed by atoms with Crippen molar-refractivity contribution in [2.75, 3.05) is 10.6 Å². The molecule has 1 aromatic heterocycles. The van der Waals surface area contributed by atoms with E-state index in [1.165, 1.54) is 11.8 Å². The molecule has 4 N–H and O–H groups in total. The standard InChI is InChI=1S/C33H27ClN4O3S/c1-21(31(39)36-25-16-14-24(34)15-17-25)42-27-11-7-10-26(19-27)37-33(41)30(38-32(40)22-8-3-2-4-9-22)18-23-20-35-29-13-6-5-12-28(23)29/h2-21,35H,1H3,(H,36,39)(H,37,41)(H,38,40)/b30-18-. The first-order chi connectivity index (χ1) is 20.4. The Balaban J connectivity index is 1.33. The van der Waals surface area contributed by atoms with Gasteiger partial charge < -0.3 is 20.9 Å². The molecule has 0 fully saturated rings. The third-order valence-electron chi connectivity index (χ3n) is 6.34. The average Bonchev–Trinajstić information content (AvgIpc) is 3.41. The number of rotatable bonds is 9. The number of halogens is 1. The molecule has 0 spiro atoms. The van der Waals surface area contributed by atoms with Crippen LogP contribution in [0.5, 0.6) is 0 Å². The Morgan fingerprint density at radius 3 is 2.36 bits per heavy atom. The van der Waals surface area contributed by atoms with E-state index < -0.39 is 17.1 Å². The third-order valence-corrected chi connectivity index (χ3v) is 7.68. The van der Waals surface area contributed by atoms with Crippen molar-refractivity contribution in [1.29, 1.82) is 0 Å². The van der Waals surface area contributed by atoms with Gasteiger partial charge in [0.25, 0.3) is 11.8 Å². The van der Waals surface area contributed by atoms with Crippen LogP contribution in [-0.4, -0.2) is 28.0 Å². The Morgan fingerprint density at radius 1 is 0.833 bits per heavy atom. The van der Waals surface area contributed by atoms with Crippen LogP contribution in [0.1, 0.15) is 22.8 Å². The summed E-state index contributed by atoms with van der Waals surface area (Å²) in [6, 6.07) is 30.5. The molecule has 0 aliphatic heterocycles. The number of para-hydroxylation sites is 1. The predicted molar refractivity (Wildman–Crippen MR) is 171 cm³/mol. The van der Waals surface area contributed by atoms with Crippen molar-refractivity contribution < 1.29 is 14.4 Å². The summed E-state index contributed by atoms with van der Waals surface area (Å²) < 4.78 is 0. The Kier molecular flexibility index (Phi) is 9.06. The molecule has 5 rings (SSSR count). The van der Waals surface area contributed by atoms with Crippen LogP contribution in [0.4, 0.5) is 11.4 Å². The van der Waals surface area contributed by atoms with Gasteiger partial charge in [0.2, 0.25) is 5.91 Å². The Morgan fingerprint density at radius 2 is 1.57 bits per heavy atom. The van der Waals surface area contributed by atoms with E-state index in [1.807, 2.05) is 43.3 Å². The van der Waals surface area contributed by atoms with Crippen molar-refractivity contribution in [3.05, 3.63) is 131 Å². The number of amides is 3. The number of nitrogens with one attached hydrogen (secondary N) is 4. The van der Waals surface area contributed by atoms with Crippen molar-refractivity contribution >= 4 is 69.4 Å². The molecular weight excluding hydrogens is 568 g/mol. The summed E-state index contributed by atoms with van der Waals surface area (Å²) in [4.78, 5) is 43.2. The third kappa shape index (κ3) is 7.28. The van der Waals surface area contributed by atoms with Gasteiger partial charge in [-0.2, -0.15) is 0 Å². The molecular formula is C33H27ClN4O3S. The van der Waals surface area contributed by atoms with Gasteiger partial charge in [-0.3, -0.25) is 14.4 Å². The molecule has 5 aromatic rings. The SMILES string of the molecule is CC(Sc1cccc(NC(=O)/C(=C/c2c[nH]c3ccccc23)NC(=O)c2ccccc2)c1)C(=O)Nc1ccc(Cl)cc1. The molecule has 3 amide bonds. The number of aromatic nitrogens is 1. The summed E-state index contributed by atoms with van der Waals surface area (Å²) in [5.41, 5.74) is 3.37. The number of thioether (sulfide) groups is 1. The molecule has 9 heteroatoms. The molecule has 1 unspecified atom stereocenters. The summed E-state index contributed by atoms with van der Waals surface area (Å²) in [5, 5.41) is 9.64. The highest BCUT2D eigenvalue weighted by atomic mass is 35.5. The molecule has 0 saturated heterocycles. The molecule has 42 heavy (non-hydrogen) atoms. The second kappa shape index (κ2) is 13.2. The number of carbonyl (C=O) groups is 3. The second-order valence-corrected chi connectivity index (χ2v) is 11.3. The van der Waals surface area contributed by atoms with Crippen LogP contribution in [0.3, 0.4) is 0 Å². The number of hydrogen-bond donors (Lipinski definition) is 4. The first-order valence-corrected chi connectivity index (χ1v) is 14.4. The number of anilines is 2. The van der Waals surface area contributed by atoms with Gasteiger partial charge in [-0.25, -0.2) is 0 Å². The van der Waals surface area contributed by atoms with Crippen molar-refractivity contribution in [3.8, 4) is 0 Å². The van der Waals surface area contributed by atoms with E-state index >= 15 is 0 Å². The zero-order chi connectivity index (χ0) is 29.5. The number of benzene rings is 4. The fraction of sp³-hybridized carbons (Fsp3) is 0.0606. The number of fused-ring (bicyclic) bond motifs is 1. The van der Waals surface area contributed by atoms with Gasteiger partial charge in [-0.05, 0) is 73.7 Å². The maximum absolute atomic E-state index is 13.5. The lowest BCUT2D eigenvalue weighted by molar-refractivity contribution is -0.115. The monoisotopic (exact) mass is 594 g/mol. The first kappa shape index (κ1) is 28.7. The molecule has 210 valence electrons. The lowest BCUT2D eigenvalue weighted by atomic mass is 10.1. The number of aromatic amines is 1. The van der Waals surface area contributed by atoms with Crippen LogP contribution < -0.4 is 16.0 Å². The predicted octanol–water partition coefficient (Wildman–Crippen LogP) is 7.35. The van der Waals surface area contributed by atoms with Gasteiger partial charge >= 0.3 is 0 Å². The van der Waals surface area contributed by atoms with Crippen molar-refractivity contribution in [3.63, 3.8) is 0 Å². The zero-order valence-corrected chi connectivity index (χ0v) is 24.1. The first-order valence-electron chi connectivity index (χ1n) is 13.1. The second-order valence-electron chi connectivity index (χ2n) is 9.41. The van der Waals surface area contributed by atoms with Crippen molar-refractivity contribution in [2.45, 2.75) is 17.1 Å². The molecule has 7 nitrogen and oxygen atoms in total. The van der Waals surface area contributed by atoms with E-state index in [0.717, 1.165) is 21.4 Å². The minimum absolute atomic E-state index is 0.0855. The summed E-state index contributed by atoms with van der Waals surface area (Å²) >= 11 is 7.29. The number of carbonyl (C=O) groups excluding carboxylic acids is 3. The quantitative estimate of drug-likeness (QED) is 0.106. The summed E-state index contributed by atoms with van der Waals surface area (Å²) in [7, 11) is 0. The van der Waals surface area contributed by atoms with Gasteiger partial charge in [0, 0.05) is 49.5 Å². The van der Waals surface area contributed by atoms with Crippen LogP contribution >= 0.6 is 23.4 Å². The number of H-pyrrole nitrogens is 1. The van der Waals surface area contributed by atoms with Gasteiger partial charge in [0.05, 0.1) is 5.25 Å². The normalized spacial score (nSPS) is 12.0. The van der Waals surface area contributed by atoms with Crippen LogP contribution in [-0.2, 0) is 9.59 Å². The minimum atomic E-state index is -0.486. The van der Waals surface area contributed by atoms with Crippen LogP contribution in [0.2, 0.25) is 5.02 Å². The molecule has 0 radical (unpaired) electrons. The fourth-order valence-electron chi connectivity index (χ4n) is 4.19. The largest absolute Gasteiger partial charge is 0.361 e. The van der Waals surface area contributed by atoms with E-state index in [2.05, 4.69) is 20.9 Å². The molecule has 4 aromatic carbocycles. The van der Waals surface area contributed by atoms with E-state index in [-0.39, 0.29) is 11.6 Å². The summed E-state index contributed by atoms with van der Waals surface area (Å²) in [6.07, 6.45) is 3.44. The van der Waals surface area contributed by atoms with Crippen molar-refractivity contribution in [2.24, 2.45) is 0 Å². The minimum Gasteiger partial charge on any atom is -0.361 e. The van der Waals surface area contributed by atoms with Gasteiger partial charge in [-0.15, -0.1) is 11.8 Å². The molecule has 0 bridgehead atoms. The molecule has 1 heterocycles. The average molecular weight is 595 g/mol.